The third-order valence-corrected chi connectivity index (χ3v) is 3.17. The third kappa shape index (κ3) is 2.86. The highest BCUT2D eigenvalue weighted by molar-refractivity contribution is 6.05. The number of nitrogens with one attached hydrogen (secondary N) is 2. The molecule has 3 rings (SSSR count). The van der Waals surface area contributed by atoms with Crippen LogP contribution in [0.15, 0.2) is 60.8 Å². The summed E-state index contributed by atoms with van der Waals surface area (Å²) < 4.78 is 0. The van der Waals surface area contributed by atoms with Crippen LogP contribution in [0.4, 0.5) is 16.2 Å². The van der Waals surface area contributed by atoms with Gasteiger partial charge in [-0.15, -0.1) is 0 Å². The molecule has 1 aromatic heterocycles. The van der Waals surface area contributed by atoms with E-state index >= 15 is 0 Å². The minimum atomic E-state index is -0.346. The average Bonchev–Trinajstić information content (AvgIpc) is 2.56. The van der Waals surface area contributed by atoms with Crippen LogP contribution in [0.1, 0.15) is 5.56 Å². The zero-order valence-corrected chi connectivity index (χ0v) is 11.6. The van der Waals surface area contributed by atoms with E-state index in [4.69, 9.17) is 5.26 Å². The van der Waals surface area contributed by atoms with Crippen LogP contribution in [0.2, 0.25) is 0 Å². The zero-order valence-electron chi connectivity index (χ0n) is 11.6. The van der Waals surface area contributed by atoms with Gasteiger partial charge in [0, 0.05) is 17.3 Å². The van der Waals surface area contributed by atoms with Gasteiger partial charge in [0.25, 0.3) is 0 Å². The Morgan fingerprint density at radius 1 is 1.00 bits per heavy atom. The fourth-order valence-electron chi connectivity index (χ4n) is 2.12. The minimum Gasteiger partial charge on any atom is -0.308 e. The molecule has 0 spiro atoms. The van der Waals surface area contributed by atoms with E-state index < -0.39 is 0 Å². The molecular formula is C17H12N4O. The van der Waals surface area contributed by atoms with Crippen molar-refractivity contribution in [1.82, 2.24) is 4.98 Å². The van der Waals surface area contributed by atoms with Crippen LogP contribution >= 0.6 is 0 Å². The van der Waals surface area contributed by atoms with Crippen LogP contribution in [0.25, 0.3) is 10.9 Å². The molecule has 2 aromatic carbocycles. The highest BCUT2D eigenvalue weighted by Gasteiger charge is 2.06. The van der Waals surface area contributed by atoms with E-state index in [9.17, 15) is 4.79 Å². The van der Waals surface area contributed by atoms with Gasteiger partial charge in [0.2, 0.25) is 0 Å². The van der Waals surface area contributed by atoms with Gasteiger partial charge >= 0.3 is 6.03 Å². The fourth-order valence-corrected chi connectivity index (χ4v) is 2.12. The number of anilines is 2. The molecule has 1 heterocycles. The largest absolute Gasteiger partial charge is 0.323 e. The van der Waals surface area contributed by atoms with Crippen LogP contribution in [-0.4, -0.2) is 11.0 Å². The van der Waals surface area contributed by atoms with Crippen molar-refractivity contribution in [3.05, 3.63) is 66.4 Å². The Bertz CT molecular complexity index is 860. The van der Waals surface area contributed by atoms with Crippen molar-refractivity contribution in [2.75, 3.05) is 10.6 Å². The molecule has 0 saturated heterocycles. The number of hydrogen-bond acceptors (Lipinski definition) is 3. The fraction of sp³-hybridized carbons (Fsp3) is 0. The minimum absolute atomic E-state index is 0.346. The third-order valence-electron chi connectivity index (χ3n) is 3.17. The van der Waals surface area contributed by atoms with Crippen LogP contribution < -0.4 is 10.6 Å². The van der Waals surface area contributed by atoms with Crippen molar-refractivity contribution in [3.8, 4) is 6.07 Å². The van der Waals surface area contributed by atoms with Gasteiger partial charge in [-0.3, -0.25) is 4.98 Å². The van der Waals surface area contributed by atoms with Gasteiger partial charge in [0.1, 0.15) is 0 Å². The Morgan fingerprint density at radius 2 is 1.77 bits per heavy atom. The summed E-state index contributed by atoms with van der Waals surface area (Å²) in [6, 6.07) is 17.7. The summed E-state index contributed by atoms with van der Waals surface area (Å²) in [7, 11) is 0. The molecule has 2 amide bonds. The summed E-state index contributed by atoms with van der Waals surface area (Å²) >= 11 is 0. The van der Waals surface area contributed by atoms with Crippen molar-refractivity contribution in [3.63, 3.8) is 0 Å². The van der Waals surface area contributed by atoms with Crippen LogP contribution in [0, 0.1) is 11.3 Å². The normalized spacial score (nSPS) is 9.95. The lowest BCUT2D eigenvalue weighted by atomic mass is 10.2. The number of hydrogen-bond donors (Lipinski definition) is 2. The molecular weight excluding hydrogens is 276 g/mol. The van der Waals surface area contributed by atoms with Crippen molar-refractivity contribution in [1.29, 1.82) is 5.26 Å². The van der Waals surface area contributed by atoms with Gasteiger partial charge < -0.3 is 10.6 Å². The first-order valence-electron chi connectivity index (χ1n) is 6.68. The SMILES string of the molecule is N#Cc1ccc(NC(=O)Nc2ccnc3ccccc23)cc1. The maximum atomic E-state index is 12.1. The number of nitriles is 1. The van der Waals surface area contributed by atoms with E-state index in [1.54, 1.807) is 36.5 Å². The number of benzene rings is 2. The van der Waals surface area contributed by atoms with Crippen LogP contribution in [-0.2, 0) is 0 Å². The highest BCUT2D eigenvalue weighted by Crippen LogP contribution is 2.21. The van der Waals surface area contributed by atoms with E-state index in [1.165, 1.54) is 0 Å². The molecule has 0 radical (unpaired) electrons. The number of carbonyl (C=O) groups is 1. The van der Waals surface area contributed by atoms with E-state index in [2.05, 4.69) is 15.6 Å². The Labute approximate surface area is 127 Å². The summed E-state index contributed by atoms with van der Waals surface area (Å²) in [4.78, 5) is 16.3. The average molecular weight is 288 g/mol. The molecule has 0 aliphatic carbocycles. The molecule has 0 aliphatic rings. The van der Waals surface area contributed by atoms with E-state index in [1.807, 2.05) is 30.3 Å². The van der Waals surface area contributed by atoms with Gasteiger partial charge in [0.15, 0.2) is 0 Å². The second-order valence-corrected chi connectivity index (χ2v) is 4.64. The summed E-state index contributed by atoms with van der Waals surface area (Å²) in [5.41, 5.74) is 2.68. The second-order valence-electron chi connectivity index (χ2n) is 4.64. The summed E-state index contributed by atoms with van der Waals surface area (Å²) in [5, 5.41) is 15.2. The molecule has 22 heavy (non-hydrogen) atoms. The predicted octanol–water partition coefficient (Wildman–Crippen LogP) is 3.75. The topological polar surface area (TPSA) is 77.8 Å². The Hall–Kier alpha value is -3.39. The molecule has 0 atom stereocenters. The molecule has 0 saturated carbocycles. The van der Waals surface area contributed by atoms with Gasteiger partial charge in [-0.1, -0.05) is 18.2 Å². The van der Waals surface area contributed by atoms with E-state index in [-0.39, 0.29) is 6.03 Å². The lowest BCUT2D eigenvalue weighted by Gasteiger charge is -2.09. The Kier molecular flexibility index (Phi) is 3.67. The molecule has 5 heteroatoms. The summed E-state index contributed by atoms with van der Waals surface area (Å²) in [6.45, 7) is 0. The molecule has 3 aromatic rings. The monoisotopic (exact) mass is 288 g/mol. The first-order valence-corrected chi connectivity index (χ1v) is 6.68. The van der Waals surface area contributed by atoms with Crippen molar-refractivity contribution < 1.29 is 4.79 Å². The number of rotatable bonds is 2. The van der Waals surface area contributed by atoms with Gasteiger partial charge in [0.05, 0.1) is 22.8 Å². The number of aromatic nitrogens is 1. The highest BCUT2D eigenvalue weighted by atomic mass is 16.2. The molecule has 2 N–H and O–H groups in total. The van der Waals surface area contributed by atoms with E-state index in [0.29, 0.717) is 16.9 Å². The number of fused-ring (bicyclic) bond motifs is 1. The lowest BCUT2D eigenvalue weighted by Crippen LogP contribution is -2.19. The first-order chi connectivity index (χ1) is 10.8. The number of nitrogens with zero attached hydrogens (tertiary/aromatic N) is 2. The molecule has 106 valence electrons. The number of urea groups is 1. The van der Waals surface area contributed by atoms with Crippen molar-refractivity contribution in [2.24, 2.45) is 0 Å². The van der Waals surface area contributed by atoms with Crippen molar-refractivity contribution in [2.45, 2.75) is 0 Å². The first kappa shape index (κ1) is 13.6. The number of para-hydroxylation sites is 1. The molecule has 0 fully saturated rings. The second kappa shape index (κ2) is 5.94. The van der Waals surface area contributed by atoms with Crippen LogP contribution in [0.5, 0.6) is 0 Å². The number of pyridine rings is 1. The quantitative estimate of drug-likeness (QED) is 0.753. The Morgan fingerprint density at radius 3 is 2.55 bits per heavy atom. The maximum absolute atomic E-state index is 12.1. The smallest absolute Gasteiger partial charge is 0.308 e. The maximum Gasteiger partial charge on any atom is 0.323 e. The predicted molar refractivity (Wildman–Crippen MR) is 85.5 cm³/mol. The molecule has 5 nitrogen and oxygen atoms in total. The molecule has 0 bridgehead atoms. The zero-order chi connectivity index (χ0) is 15.4. The van der Waals surface area contributed by atoms with Crippen LogP contribution in [0.3, 0.4) is 0 Å². The van der Waals surface area contributed by atoms with Gasteiger partial charge in [-0.25, -0.2) is 4.79 Å². The number of amides is 2. The summed E-state index contributed by atoms with van der Waals surface area (Å²) in [5.74, 6) is 0. The van der Waals surface area contributed by atoms with E-state index in [0.717, 1.165) is 10.9 Å². The van der Waals surface area contributed by atoms with Gasteiger partial charge in [-0.2, -0.15) is 5.26 Å². The van der Waals surface area contributed by atoms with Gasteiger partial charge in [-0.05, 0) is 36.4 Å². The lowest BCUT2D eigenvalue weighted by molar-refractivity contribution is 0.262. The Balaban J connectivity index is 1.77. The van der Waals surface area contributed by atoms with Crippen molar-refractivity contribution >= 4 is 28.3 Å². The molecule has 0 aliphatic heterocycles. The summed E-state index contributed by atoms with van der Waals surface area (Å²) in [6.07, 6.45) is 1.65. The number of carbonyl (C=O) groups excluding carboxylic acids is 1. The molecule has 0 unspecified atom stereocenters. The standard InChI is InChI=1S/C17H12N4O/c18-11-12-5-7-13(8-6-12)20-17(22)21-16-9-10-19-15-4-2-1-3-14(15)16/h1-10H,(H2,19,20,21,22).